The van der Waals surface area contributed by atoms with E-state index in [-0.39, 0.29) is 11.8 Å². The Bertz CT molecular complexity index is 399. The molecular weight excluding hydrogens is 232 g/mol. The average Bonchev–Trinajstić information content (AvgIpc) is 3.16. The number of nitrogens with one attached hydrogen (secondary N) is 1. The molecule has 2 saturated carbocycles. The Balaban J connectivity index is 1.70. The van der Waals surface area contributed by atoms with Crippen LogP contribution < -0.4 is 5.32 Å². The predicted octanol–water partition coefficient (Wildman–Crippen LogP) is 0.842. The quantitative estimate of drug-likeness (QED) is 0.810. The summed E-state index contributed by atoms with van der Waals surface area (Å²) in [4.78, 5) is 25.9. The van der Waals surface area contributed by atoms with E-state index in [1.165, 1.54) is 7.11 Å². The summed E-state index contributed by atoms with van der Waals surface area (Å²) in [7, 11) is 1.32. The maximum atomic E-state index is 12.6. The molecule has 2 amide bonds. The highest BCUT2D eigenvalue weighted by atomic mass is 16.5. The summed E-state index contributed by atoms with van der Waals surface area (Å²) >= 11 is 0. The normalized spacial score (nSPS) is 40.3. The van der Waals surface area contributed by atoms with Gasteiger partial charge in [-0.3, -0.25) is 4.79 Å². The van der Waals surface area contributed by atoms with Gasteiger partial charge in [-0.15, -0.1) is 0 Å². The summed E-state index contributed by atoms with van der Waals surface area (Å²) in [6, 6.07) is 0.343. The van der Waals surface area contributed by atoms with Crippen molar-refractivity contribution in [3.05, 3.63) is 0 Å². The topological polar surface area (TPSA) is 58.6 Å². The van der Waals surface area contributed by atoms with E-state index < -0.39 is 12.1 Å². The Hall–Kier alpha value is -1.26. The van der Waals surface area contributed by atoms with Gasteiger partial charge < -0.3 is 15.0 Å². The maximum absolute atomic E-state index is 12.6. The summed E-state index contributed by atoms with van der Waals surface area (Å²) in [6.45, 7) is 6.01. The van der Waals surface area contributed by atoms with Crippen molar-refractivity contribution in [2.24, 2.45) is 23.7 Å². The summed E-state index contributed by atoms with van der Waals surface area (Å²) < 4.78 is 4.59. The number of methoxy groups -OCH3 is 1. The molecule has 4 fully saturated rings. The molecule has 4 unspecified atom stereocenters. The van der Waals surface area contributed by atoms with Crippen LogP contribution in [-0.2, 0) is 9.53 Å². The Morgan fingerprint density at radius 3 is 2.22 bits per heavy atom. The van der Waals surface area contributed by atoms with Crippen molar-refractivity contribution in [3.8, 4) is 0 Å². The lowest BCUT2D eigenvalue weighted by Crippen LogP contribution is -2.52. The molecule has 6 atom stereocenters. The fraction of sp³-hybridized carbons (Fsp3) is 0.846. The standard InChI is InChI=1S/C13H20N2O3/c1-5(2)10(14-13(17)18-4)12(16)15-6(3)7-8-9(7)11(8)15/h5-11H,1-4H3,(H,14,17)/t6-,7?,8+,9?,10?,11?/m1/s1. The fourth-order valence-corrected chi connectivity index (χ4v) is 3.72. The van der Waals surface area contributed by atoms with Crippen LogP contribution in [0.25, 0.3) is 0 Å². The van der Waals surface area contributed by atoms with Gasteiger partial charge in [0.05, 0.1) is 7.11 Å². The van der Waals surface area contributed by atoms with Crippen molar-refractivity contribution >= 4 is 12.0 Å². The predicted molar refractivity (Wildman–Crippen MR) is 64.7 cm³/mol. The minimum absolute atomic E-state index is 0.0559. The lowest BCUT2D eigenvalue weighted by atomic mass is 10.0. The Morgan fingerprint density at radius 1 is 1.22 bits per heavy atom. The van der Waals surface area contributed by atoms with Crippen LogP contribution in [0, 0.1) is 23.7 Å². The molecule has 2 saturated heterocycles. The Kier molecular flexibility index (Phi) is 2.37. The SMILES string of the molecule is COC(=O)NC(C(=O)N1C2C3C([C@@H]32)[C@H]1C)C(C)C. The summed E-state index contributed by atoms with van der Waals surface area (Å²) in [6.07, 6.45) is -0.534. The number of carbonyl (C=O) groups is 2. The van der Waals surface area contributed by atoms with E-state index in [1.54, 1.807) is 0 Å². The Labute approximate surface area is 107 Å². The molecule has 0 radical (unpaired) electrons. The number of hydrogen-bond donors (Lipinski definition) is 1. The van der Waals surface area contributed by atoms with Gasteiger partial charge in [0.2, 0.25) is 5.91 Å². The molecule has 4 aliphatic rings. The van der Waals surface area contributed by atoms with Crippen LogP contribution in [0.4, 0.5) is 4.79 Å². The second-order valence-electron chi connectivity index (χ2n) is 6.07. The molecule has 18 heavy (non-hydrogen) atoms. The molecule has 0 aromatic rings. The number of amides is 2. The van der Waals surface area contributed by atoms with Gasteiger partial charge in [-0.2, -0.15) is 0 Å². The van der Waals surface area contributed by atoms with Crippen molar-refractivity contribution in [2.75, 3.05) is 7.11 Å². The van der Waals surface area contributed by atoms with Crippen LogP contribution in [0.5, 0.6) is 0 Å². The molecule has 2 bridgehead atoms. The summed E-state index contributed by atoms with van der Waals surface area (Å²) in [5, 5.41) is 2.66. The third-order valence-electron chi connectivity index (χ3n) is 4.80. The van der Waals surface area contributed by atoms with Crippen LogP contribution in [0.1, 0.15) is 20.8 Å². The molecule has 1 N–H and O–H groups in total. The van der Waals surface area contributed by atoms with Crippen molar-refractivity contribution in [1.29, 1.82) is 0 Å². The molecule has 2 aliphatic heterocycles. The van der Waals surface area contributed by atoms with E-state index in [9.17, 15) is 9.59 Å². The van der Waals surface area contributed by atoms with Gasteiger partial charge in [0, 0.05) is 12.1 Å². The molecule has 2 aliphatic carbocycles. The number of rotatable bonds is 3. The molecule has 2 heterocycles. The number of alkyl carbamates (subject to hydrolysis) is 1. The van der Waals surface area contributed by atoms with Gasteiger partial charge >= 0.3 is 6.09 Å². The lowest BCUT2D eigenvalue weighted by Gasteiger charge is -2.29. The van der Waals surface area contributed by atoms with Gasteiger partial charge in [-0.25, -0.2) is 4.79 Å². The first-order valence-electron chi connectivity index (χ1n) is 6.65. The van der Waals surface area contributed by atoms with Gasteiger partial charge in [0.25, 0.3) is 0 Å². The third-order valence-corrected chi connectivity index (χ3v) is 4.80. The van der Waals surface area contributed by atoms with Crippen LogP contribution in [0.2, 0.25) is 0 Å². The molecule has 0 aromatic carbocycles. The monoisotopic (exact) mass is 252 g/mol. The fourth-order valence-electron chi connectivity index (χ4n) is 3.72. The molecule has 100 valence electrons. The van der Waals surface area contributed by atoms with Crippen LogP contribution >= 0.6 is 0 Å². The zero-order chi connectivity index (χ0) is 13.2. The van der Waals surface area contributed by atoms with Crippen LogP contribution in [0.3, 0.4) is 0 Å². The van der Waals surface area contributed by atoms with Gasteiger partial charge in [-0.05, 0) is 30.6 Å². The van der Waals surface area contributed by atoms with Gasteiger partial charge in [0.15, 0.2) is 0 Å². The highest BCUT2D eigenvalue weighted by molar-refractivity contribution is 5.88. The minimum Gasteiger partial charge on any atom is -0.453 e. The molecule has 5 nitrogen and oxygen atoms in total. The molecule has 4 rings (SSSR count). The van der Waals surface area contributed by atoms with Gasteiger partial charge in [0.1, 0.15) is 6.04 Å². The summed E-state index contributed by atoms with van der Waals surface area (Å²) in [5.41, 5.74) is 0. The van der Waals surface area contributed by atoms with E-state index in [1.807, 2.05) is 18.7 Å². The first-order valence-corrected chi connectivity index (χ1v) is 6.65. The van der Waals surface area contributed by atoms with E-state index in [2.05, 4.69) is 17.0 Å². The van der Waals surface area contributed by atoms with Crippen molar-refractivity contribution in [3.63, 3.8) is 0 Å². The second-order valence-corrected chi connectivity index (χ2v) is 6.07. The number of nitrogens with zero attached hydrogens (tertiary/aromatic N) is 1. The van der Waals surface area contributed by atoms with Crippen LogP contribution in [0.15, 0.2) is 0 Å². The molecule has 0 aromatic heterocycles. The van der Waals surface area contributed by atoms with Gasteiger partial charge in [-0.1, -0.05) is 13.8 Å². The smallest absolute Gasteiger partial charge is 0.407 e. The Morgan fingerprint density at radius 2 is 1.83 bits per heavy atom. The minimum atomic E-state index is -0.534. The molecule has 0 spiro atoms. The van der Waals surface area contributed by atoms with E-state index in [0.717, 1.165) is 17.8 Å². The second kappa shape index (κ2) is 3.62. The van der Waals surface area contributed by atoms with E-state index in [0.29, 0.717) is 12.1 Å². The third kappa shape index (κ3) is 1.39. The van der Waals surface area contributed by atoms with Crippen LogP contribution in [-0.4, -0.2) is 42.1 Å². The van der Waals surface area contributed by atoms with E-state index >= 15 is 0 Å². The van der Waals surface area contributed by atoms with E-state index in [4.69, 9.17) is 0 Å². The maximum Gasteiger partial charge on any atom is 0.407 e. The average molecular weight is 252 g/mol. The van der Waals surface area contributed by atoms with Crippen molar-refractivity contribution in [1.82, 2.24) is 10.2 Å². The number of carbonyl (C=O) groups excluding carboxylic acids is 2. The number of ether oxygens (including phenoxy) is 1. The number of hydrogen-bond acceptors (Lipinski definition) is 3. The zero-order valence-corrected chi connectivity index (χ0v) is 11.2. The van der Waals surface area contributed by atoms with Crippen molar-refractivity contribution in [2.45, 2.75) is 38.9 Å². The molecule has 5 heteroatoms. The zero-order valence-electron chi connectivity index (χ0n) is 11.2. The number of piperidine rings is 1. The lowest BCUT2D eigenvalue weighted by molar-refractivity contribution is -0.135. The van der Waals surface area contributed by atoms with Crippen molar-refractivity contribution < 1.29 is 14.3 Å². The first kappa shape index (κ1) is 11.8. The molecular formula is C13H20N2O3. The highest BCUT2D eigenvalue weighted by Gasteiger charge is 2.84. The summed E-state index contributed by atoms with van der Waals surface area (Å²) in [5.74, 6) is 2.41. The first-order chi connectivity index (χ1) is 8.49. The number of fused-ring (bicyclic) bond motifs is 1. The largest absolute Gasteiger partial charge is 0.453 e. The highest BCUT2D eigenvalue weighted by Crippen LogP contribution is 2.78.